The van der Waals surface area contributed by atoms with Crippen molar-refractivity contribution in [2.75, 3.05) is 12.0 Å². The maximum absolute atomic E-state index is 11.4. The molecule has 0 spiro atoms. The molecule has 96 valence electrons. The summed E-state index contributed by atoms with van der Waals surface area (Å²) in [7, 11) is -3.14. The topological polar surface area (TPSA) is 72.5 Å². The lowest BCUT2D eigenvalue weighted by atomic mass is 10.1. The Bertz CT molecular complexity index is 352. The quantitative estimate of drug-likeness (QED) is 0.821. The summed E-state index contributed by atoms with van der Waals surface area (Å²) in [5.41, 5.74) is -1.43. The van der Waals surface area contributed by atoms with Crippen molar-refractivity contribution in [1.29, 1.82) is 0 Å². The Balaban J connectivity index is 4.43. The van der Waals surface area contributed by atoms with E-state index in [4.69, 9.17) is 4.74 Å². The van der Waals surface area contributed by atoms with Crippen LogP contribution in [-0.2, 0) is 14.6 Å². The second-order valence-electron chi connectivity index (χ2n) is 5.58. The van der Waals surface area contributed by atoms with Gasteiger partial charge in [-0.15, -0.1) is 0 Å². The fraction of sp³-hybridized carbons (Fsp3) is 0.900. The van der Waals surface area contributed by atoms with Crippen molar-refractivity contribution in [2.45, 2.75) is 45.8 Å². The number of hydrogen-bond acceptors (Lipinski definition) is 4. The van der Waals surface area contributed by atoms with Gasteiger partial charge in [0.05, 0.1) is 11.3 Å². The number of hydrogen-bond donors (Lipinski definition) is 1. The molecule has 16 heavy (non-hydrogen) atoms. The van der Waals surface area contributed by atoms with Crippen LogP contribution < -0.4 is 5.32 Å². The van der Waals surface area contributed by atoms with E-state index in [1.165, 1.54) is 0 Å². The number of ether oxygens (including phenoxy) is 1. The van der Waals surface area contributed by atoms with Crippen molar-refractivity contribution in [3.63, 3.8) is 0 Å². The highest BCUT2D eigenvalue weighted by atomic mass is 32.2. The maximum Gasteiger partial charge on any atom is 0.408 e. The standard InChI is InChI=1S/C10H21NO4S/c1-9(2,3)15-8(12)11-10(4,5)7-16(6,13)14/h7H2,1-6H3,(H,11,12). The molecule has 0 radical (unpaired) electrons. The first-order chi connectivity index (χ1) is 6.81. The molecule has 0 fully saturated rings. The fourth-order valence-electron chi connectivity index (χ4n) is 1.27. The molecular formula is C10H21NO4S. The Morgan fingerprint density at radius 1 is 1.19 bits per heavy atom. The highest BCUT2D eigenvalue weighted by Crippen LogP contribution is 2.10. The number of amides is 1. The van der Waals surface area contributed by atoms with Gasteiger partial charge in [0.15, 0.2) is 0 Å². The molecule has 0 aromatic rings. The fourth-order valence-corrected chi connectivity index (χ4v) is 2.65. The van der Waals surface area contributed by atoms with E-state index in [2.05, 4.69) is 5.32 Å². The summed E-state index contributed by atoms with van der Waals surface area (Å²) < 4.78 is 27.3. The summed E-state index contributed by atoms with van der Waals surface area (Å²) in [5.74, 6) is -0.126. The van der Waals surface area contributed by atoms with Gasteiger partial charge in [0.25, 0.3) is 0 Å². The molecule has 1 amide bonds. The first-order valence-electron chi connectivity index (χ1n) is 5.00. The summed E-state index contributed by atoms with van der Waals surface area (Å²) >= 11 is 0. The van der Waals surface area contributed by atoms with Crippen molar-refractivity contribution in [2.24, 2.45) is 0 Å². The van der Waals surface area contributed by atoms with Crippen LogP contribution in [0.2, 0.25) is 0 Å². The first-order valence-corrected chi connectivity index (χ1v) is 7.06. The largest absolute Gasteiger partial charge is 0.444 e. The van der Waals surface area contributed by atoms with Crippen LogP contribution in [0.4, 0.5) is 4.79 Å². The molecule has 6 heteroatoms. The van der Waals surface area contributed by atoms with Gasteiger partial charge in [0.2, 0.25) is 0 Å². The Labute approximate surface area is 97.5 Å². The number of rotatable bonds is 3. The minimum atomic E-state index is -3.14. The van der Waals surface area contributed by atoms with E-state index in [0.29, 0.717) is 0 Å². The predicted molar refractivity (Wildman–Crippen MR) is 63.2 cm³/mol. The third-order valence-electron chi connectivity index (χ3n) is 1.46. The minimum absolute atomic E-state index is 0.126. The second kappa shape index (κ2) is 4.61. The third kappa shape index (κ3) is 8.52. The zero-order valence-electron chi connectivity index (χ0n) is 10.7. The lowest BCUT2D eigenvalue weighted by Gasteiger charge is -2.27. The highest BCUT2D eigenvalue weighted by molar-refractivity contribution is 7.90. The molecule has 0 saturated carbocycles. The van der Waals surface area contributed by atoms with Gasteiger partial charge in [-0.25, -0.2) is 13.2 Å². The minimum Gasteiger partial charge on any atom is -0.444 e. The van der Waals surface area contributed by atoms with Crippen LogP contribution in [-0.4, -0.2) is 37.7 Å². The van der Waals surface area contributed by atoms with Gasteiger partial charge < -0.3 is 10.1 Å². The number of carbonyl (C=O) groups is 1. The van der Waals surface area contributed by atoms with E-state index in [9.17, 15) is 13.2 Å². The van der Waals surface area contributed by atoms with E-state index in [1.807, 2.05) is 0 Å². The van der Waals surface area contributed by atoms with E-state index in [0.717, 1.165) is 6.26 Å². The lowest BCUT2D eigenvalue weighted by Crippen LogP contribution is -2.49. The third-order valence-corrected chi connectivity index (χ3v) is 2.71. The first kappa shape index (κ1) is 15.2. The molecule has 0 heterocycles. The smallest absolute Gasteiger partial charge is 0.408 e. The van der Waals surface area contributed by atoms with E-state index in [-0.39, 0.29) is 5.75 Å². The van der Waals surface area contributed by atoms with E-state index < -0.39 is 27.1 Å². The van der Waals surface area contributed by atoms with Crippen molar-refractivity contribution < 1.29 is 17.9 Å². The summed E-state index contributed by atoms with van der Waals surface area (Å²) in [4.78, 5) is 11.4. The molecule has 0 unspecified atom stereocenters. The van der Waals surface area contributed by atoms with Crippen LogP contribution in [0.15, 0.2) is 0 Å². The van der Waals surface area contributed by atoms with Gasteiger partial charge >= 0.3 is 6.09 Å². The average molecular weight is 251 g/mol. The Kier molecular flexibility index (Phi) is 4.38. The van der Waals surface area contributed by atoms with E-state index >= 15 is 0 Å². The number of sulfone groups is 1. The lowest BCUT2D eigenvalue weighted by molar-refractivity contribution is 0.0482. The van der Waals surface area contributed by atoms with Crippen LogP contribution in [0.3, 0.4) is 0 Å². The summed E-state index contributed by atoms with van der Waals surface area (Å²) in [6, 6.07) is 0. The number of nitrogens with one attached hydrogen (secondary N) is 1. The van der Waals surface area contributed by atoms with Crippen molar-refractivity contribution in [3.05, 3.63) is 0 Å². The SMILES string of the molecule is CC(C)(CS(C)(=O)=O)NC(=O)OC(C)(C)C. The van der Waals surface area contributed by atoms with E-state index in [1.54, 1.807) is 34.6 Å². The predicted octanol–water partition coefficient (Wildman–Crippen LogP) is 1.33. The molecule has 0 aromatic carbocycles. The van der Waals surface area contributed by atoms with Gasteiger partial charge in [-0.05, 0) is 34.6 Å². The van der Waals surface area contributed by atoms with Crippen LogP contribution >= 0.6 is 0 Å². The van der Waals surface area contributed by atoms with Crippen molar-refractivity contribution >= 4 is 15.9 Å². The molecule has 0 rings (SSSR count). The van der Waals surface area contributed by atoms with Crippen molar-refractivity contribution in [3.8, 4) is 0 Å². The maximum atomic E-state index is 11.4. The molecule has 0 aliphatic carbocycles. The molecule has 0 aromatic heterocycles. The van der Waals surface area contributed by atoms with Gasteiger partial charge in [-0.2, -0.15) is 0 Å². The molecule has 0 bridgehead atoms. The monoisotopic (exact) mass is 251 g/mol. The van der Waals surface area contributed by atoms with Crippen molar-refractivity contribution in [1.82, 2.24) is 5.32 Å². The summed E-state index contributed by atoms with van der Waals surface area (Å²) in [6.07, 6.45) is 0.520. The van der Waals surface area contributed by atoms with Crippen LogP contribution in [0.5, 0.6) is 0 Å². The Morgan fingerprint density at radius 3 is 1.94 bits per heavy atom. The highest BCUT2D eigenvalue weighted by Gasteiger charge is 2.27. The molecule has 0 saturated heterocycles. The molecule has 1 N–H and O–H groups in total. The van der Waals surface area contributed by atoms with Crippen LogP contribution in [0.1, 0.15) is 34.6 Å². The van der Waals surface area contributed by atoms with Crippen LogP contribution in [0, 0.1) is 0 Å². The molecule has 0 atom stereocenters. The number of alkyl carbamates (subject to hydrolysis) is 1. The molecule has 5 nitrogen and oxygen atoms in total. The molecular weight excluding hydrogens is 230 g/mol. The normalized spacial score (nSPS) is 13.4. The summed E-state index contributed by atoms with van der Waals surface area (Å²) in [5, 5.41) is 2.53. The second-order valence-corrected chi connectivity index (χ2v) is 7.72. The van der Waals surface area contributed by atoms with Gasteiger partial charge in [0, 0.05) is 6.26 Å². The number of carbonyl (C=O) groups excluding carboxylic acids is 1. The van der Waals surface area contributed by atoms with Gasteiger partial charge in [-0.1, -0.05) is 0 Å². The van der Waals surface area contributed by atoms with Gasteiger partial charge in [0.1, 0.15) is 15.4 Å². The Hall–Kier alpha value is -0.780. The van der Waals surface area contributed by atoms with Crippen LogP contribution in [0.25, 0.3) is 0 Å². The zero-order valence-corrected chi connectivity index (χ0v) is 11.6. The average Bonchev–Trinajstić information content (AvgIpc) is 1.70. The Morgan fingerprint density at radius 2 is 1.62 bits per heavy atom. The zero-order chi connectivity index (χ0) is 13.2. The van der Waals surface area contributed by atoms with Gasteiger partial charge in [-0.3, -0.25) is 0 Å². The molecule has 0 aliphatic heterocycles. The summed E-state index contributed by atoms with van der Waals surface area (Å²) in [6.45, 7) is 8.51. The molecule has 0 aliphatic rings.